The molecule has 0 fully saturated rings. The summed E-state index contributed by atoms with van der Waals surface area (Å²) >= 11 is 1.77. The van der Waals surface area contributed by atoms with E-state index in [4.69, 9.17) is 28.8 Å². The molecule has 11 aromatic rings. The number of para-hydroxylation sites is 1. The molecule has 0 aliphatic heterocycles. The Balaban J connectivity index is 1.10. The number of thiophene rings is 1. The van der Waals surface area contributed by atoms with Crippen LogP contribution in [0, 0.1) is 0 Å². The first-order chi connectivity index (χ1) is 26.2. The molecule has 0 N–H and O–H groups in total. The van der Waals surface area contributed by atoms with Crippen molar-refractivity contribution in [3.05, 3.63) is 158 Å². The maximum atomic E-state index is 6.44. The first-order valence-corrected chi connectivity index (χ1v) is 18.2. The SMILES string of the molecule is c1ccc(-c2nc(-c3ccc(-c4c5nc(-c6ccccc6)oc5cc5sc6ccccc6c45)cc3)nc(-c3cccc4oc5ccccc5c34)n2)cc1. The molecule has 0 radical (unpaired) electrons. The number of hydrogen-bond donors (Lipinski definition) is 0. The molecule has 248 valence electrons. The van der Waals surface area contributed by atoms with Crippen LogP contribution in [0.25, 0.3) is 110 Å². The molecule has 0 spiro atoms. The van der Waals surface area contributed by atoms with Gasteiger partial charge in [-0.1, -0.05) is 121 Å². The van der Waals surface area contributed by atoms with Gasteiger partial charge in [0.05, 0.1) is 0 Å². The van der Waals surface area contributed by atoms with Crippen LogP contribution in [0.3, 0.4) is 0 Å². The largest absolute Gasteiger partial charge is 0.456 e. The van der Waals surface area contributed by atoms with Crippen LogP contribution in [0.5, 0.6) is 0 Å². The van der Waals surface area contributed by atoms with E-state index in [1.807, 2.05) is 91.0 Å². The third-order valence-corrected chi connectivity index (χ3v) is 10.9. The van der Waals surface area contributed by atoms with Crippen LogP contribution in [-0.2, 0) is 0 Å². The van der Waals surface area contributed by atoms with Crippen molar-refractivity contribution in [2.75, 3.05) is 0 Å². The Kier molecular flexibility index (Phi) is 6.62. The van der Waals surface area contributed by atoms with Crippen LogP contribution in [0.2, 0.25) is 0 Å². The highest BCUT2D eigenvalue weighted by Gasteiger charge is 2.21. The predicted molar refractivity (Wildman–Crippen MR) is 215 cm³/mol. The summed E-state index contributed by atoms with van der Waals surface area (Å²) in [6.07, 6.45) is 0. The Bertz CT molecular complexity index is 3160. The number of rotatable bonds is 5. The summed E-state index contributed by atoms with van der Waals surface area (Å²) in [6, 6.07) is 53.4. The molecule has 4 heterocycles. The fraction of sp³-hybridized carbons (Fsp3) is 0. The molecule has 7 aromatic carbocycles. The van der Waals surface area contributed by atoms with Gasteiger partial charge in [-0.25, -0.2) is 19.9 Å². The maximum absolute atomic E-state index is 6.44. The molecular formula is C46H26N4O2S. The van der Waals surface area contributed by atoms with Crippen LogP contribution in [-0.4, -0.2) is 19.9 Å². The molecular weight excluding hydrogens is 673 g/mol. The molecule has 0 aliphatic carbocycles. The average molecular weight is 699 g/mol. The monoisotopic (exact) mass is 698 g/mol. The summed E-state index contributed by atoms with van der Waals surface area (Å²) in [6.45, 7) is 0. The lowest BCUT2D eigenvalue weighted by molar-refractivity contribution is 0.620. The minimum atomic E-state index is 0.586. The highest BCUT2D eigenvalue weighted by molar-refractivity contribution is 7.26. The lowest BCUT2D eigenvalue weighted by Crippen LogP contribution is -2.00. The smallest absolute Gasteiger partial charge is 0.227 e. The molecule has 6 nitrogen and oxygen atoms in total. The molecule has 0 bridgehead atoms. The van der Waals surface area contributed by atoms with Crippen molar-refractivity contribution >= 4 is 64.5 Å². The lowest BCUT2D eigenvalue weighted by atomic mass is 9.97. The van der Waals surface area contributed by atoms with Gasteiger partial charge < -0.3 is 8.83 Å². The van der Waals surface area contributed by atoms with Gasteiger partial charge >= 0.3 is 0 Å². The highest BCUT2D eigenvalue weighted by atomic mass is 32.1. The third kappa shape index (κ3) is 4.86. The van der Waals surface area contributed by atoms with Gasteiger partial charge in [0.15, 0.2) is 23.1 Å². The summed E-state index contributed by atoms with van der Waals surface area (Å²) < 4.78 is 15.0. The average Bonchev–Trinajstić information content (AvgIpc) is 3.94. The van der Waals surface area contributed by atoms with Crippen molar-refractivity contribution in [1.82, 2.24) is 19.9 Å². The number of oxazole rings is 1. The Morgan fingerprint density at radius 2 is 1.02 bits per heavy atom. The van der Waals surface area contributed by atoms with E-state index >= 15 is 0 Å². The maximum Gasteiger partial charge on any atom is 0.227 e. The van der Waals surface area contributed by atoms with E-state index in [1.165, 1.54) is 15.5 Å². The van der Waals surface area contributed by atoms with Crippen molar-refractivity contribution in [1.29, 1.82) is 0 Å². The number of hydrogen-bond acceptors (Lipinski definition) is 7. The molecule has 4 aromatic heterocycles. The second-order valence-electron chi connectivity index (χ2n) is 13.0. The second kappa shape index (κ2) is 11.8. The fourth-order valence-corrected chi connectivity index (χ4v) is 8.49. The van der Waals surface area contributed by atoms with Crippen LogP contribution in [0.15, 0.2) is 167 Å². The highest BCUT2D eigenvalue weighted by Crippen LogP contribution is 2.45. The first-order valence-electron chi connectivity index (χ1n) is 17.4. The summed E-state index contributed by atoms with van der Waals surface area (Å²) in [5.41, 5.74) is 8.93. The first kappa shape index (κ1) is 29.7. The Hall–Kier alpha value is -6.96. The zero-order valence-corrected chi connectivity index (χ0v) is 28.8. The second-order valence-corrected chi connectivity index (χ2v) is 14.1. The van der Waals surface area contributed by atoms with E-state index in [-0.39, 0.29) is 0 Å². The van der Waals surface area contributed by atoms with E-state index in [0.717, 1.165) is 71.1 Å². The van der Waals surface area contributed by atoms with Gasteiger partial charge in [0, 0.05) is 64.8 Å². The number of fused-ring (bicyclic) bond motifs is 7. The van der Waals surface area contributed by atoms with Gasteiger partial charge in [0.2, 0.25) is 5.89 Å². The molecule has 0 saturated heterocycles. The lowest BCUT2D eigenvalue weighted by Gasteiger charge is -2.10. The van der Waals surface area contributed by atoms with Gasteiger partial charge in [-0.2, -0.15) is 0 Å². The van der Waals surface area contributed by atoms with E-state index < -0.39 is 0 Å². The van der Waals surface area contributed by atoms with Gasteiger partial charge in [-0.05, 0) is 35.9 Å². The zero-order valence-electron chi connectivity index (χ0n) is 28.0. The van der Waals surface area contributed by atoms with E-state index in [9.17, 15) is 0 Å². The molecule has 7 heteroatoms. The van der Waals surface area contributed by atoms with E-state index in [0.29, 0.717) is 23.4 Å². The van der Waals surface area contributed by atoms with E-state index in [1.54, 1.807) is 11.3 Å². The van der Waals surface area contributed by atoms with Crippen LogP contribution < -0.4 is 0 Å². The van der Waals surface area contributed by atoms with Crippen molar-refractivity contribution in [3.8, 4) is 56.7 Å². The van der Waals surface area contributed by atoms with Crippen molar-refractivity contribution < 1.29 is 8.83 Å². The fourth-order valence-electron chi connectivity index (χ4n) is 7.34. The molecule has 0 atom stereocenters. The molecule has 53 heavy (non-hydrogen) atoms. The summed E-state index contributed by atoms with van der Waals surface area (Å²) in [4.78, 5) is 20.3. The van der Waals surface area contributed by atoms with E-state index in [2.05, 4.69) is 66.7 Å². The quantitative estimate of drug-likeness (QED) is 0.178. The van der Waals surface area contributed by atoms with Crippen LogP contribution in [0.1, 0.15) is 0 Å². The summed E-state index contributed by atoms with van der Waals surface area (Å²) in [5, 5.41) is 4.38. The Morgan fingerprint density at radius 3 is 1.81 bits per heavy atom. The van der Waals surface area contributed by atoms with Crippen molar-refractivity contribution in [2.24, 2.45) is 0 Å². The van der Waals surface area contributed by atoms with Crippen molar-refractivity contribution in [2.45, 2.75) is 0 Å². The topological polar surface area (TPSA) is 77.8 Å². The van der Waals surface area contributed by atoms with Gasteiger partial charge in [-0.3, -0.25) is 0 Å². The minimum absolute atomic E-state index is 0.586. The van der Waals surface area contributed by atoms with Gasteiger partial charge in [0.1, 0.15) is 16.7 Å². The normalized spacial score (nSPS) is 11.8. The number of benzene rings is 7. The molecule has 0 amide bonds. The van der Waals surface area contributed by atoms with Crippen LogP contribution >= 0.6 is 11.3 Å². The number of furan rings is 1. The predicted octanol–water partition coefficient (Wildman–Crippen LogP) is 12.6. The molecule has 0 aliphatic rings. The van der Waals surface area contributed by atoms with Gasteiger partial charge in [-0.15, -0.1) is 11.3 Å². The summed E-state index contributed by atoms with van der Waals surface area (Å²) in [5.74, 6) is 2.38. The number of aromatic nitrogens is 4. The standard InChI is InChI=1S/C46H26N4O2S/c1-3-12-28(13-4-1)43-48-44(50-45(49-43)33-18-11-20-35-40(33)31-16-7-9-19-34(31)51-35)29-24-22-27(23-25-29)39-41-32-17-8-10-21-37(32)53-38(41)26-36-42(39)47-46(52-36)30-14-5-2-6-15-30/h1-26H. The Morgan fingerprint density at radius 1 is 0.396 bits per heavy atom. The molecule has 11 rings (SSSR count). The Labute approximate surface area is 306 Å². The molecule has 0 saturated carbocycles. The van der Waals surface area contributed by atoms with Gasteiger partial charge in [0.25, 0.3) is 0 Å². The number of nitrogens with zero attached hydrogens (tertiary/aromatic N) is 4. The minimum Gasteiger partial charge on any atom is -0.456 e. The van der Waals surface area contributed by atoms with Crippen LogP contribution in [0.4, 0.5) is 0 Å². The summed E-state index contributed by atoms with van der Waals surface area (Å²) in [7, 11) is 0. The third-order valence-electron chi connectivity index (χ3n) is 9.79. The van der Waals surface area contributed by atoms with Crippen molar-refractivity contribution in [3.63, 3.8) is 0 Å². The molecule has 0 unspecified atom stereocenters. The zero-order chi connectivity index (χ0) is 34.9.